The first kappa shape index (κ1) is 27.3. The van der Waals surface area contributed by atoms with E-state index < -0.39 is 5.60 Å². The van der Waals surface area contributed by atoms with E-state index in [1.165, 1.54) is 11.9 Å². The van der Waals surface area contributed by atoms with Gasteiger partial charge in [-0.2, -0.15) is 5.10 Å². The second-order valence-corrected chi connectivity index (χ2v) is 13.0. The molecule has 1 fully saturated rings. The first-order valence-corrected chi connectivity index (χ1v) is 14.7. The molecule has 41 heavy (non-hydrogen) atoms. The van der Waals surface area contributed by atoms with Gasteiger partial charge in [0.1, 0.15) is 23.3 Å². The number of amides is 1. The molecule has 2 N–H and O–H groups in total. The van der Waals surface area contributed by atoms with Crippen molar-refractivity contribution in [3.05, 3.63) is 71.7 Å². The van der Waals surface area contributed by atoms with Gasteiger partial charge in [0.15, 0.2) is 5.82 Å². The van der Waals surface area contributed by atoms with Gasteiger partial charge in [-0.05, 0) is 57.2 Å². The first-order valence-electron chi connectivity index (χ1n) is 14.7. The molecule has 216 valence electrons. The Kier molecular flexibility index (Phi) is 6.78. The molecule has 9 heteroatoms. The molecule has 4 heterocycles. The predicted octanol–water partition coefficient (Wildman–Crippen LogP) is 4.97. The Morgan fingerprint density at radius 2 is 1.90 bits per heavy atom. The molecule has 6 rings (SSSR count). The molecule has 0 saturated carbocycles. The highest BCUT2D eigenvalue weighted by Gasteiger charge is 2.43. The SMILES string of the molecule is CN1C(Cc2ccccc2)=NC2CC(C)(c3cc(C4CCN(C(=O)OC(C)(C)C)CC4)n4ncnc(N)c34)C=CC21. The molecule has 1 amide bonds. The van der Waals surface area contributed by atoms with Crippen molar-refractivity contribution in [2.24, 2.45) is 4.99 Å². The number of allylic oxidation sites excluding steroid dienone is 1. The number of likely N-dealkylation sites (tertiary alicyclic amines) is 1. The molecule has 9 nitrogen and oxygen atoms in total. The van der Waals surface area contributed by atoms with E-state index in [2.05, 4.69) is 71.4 Å². The Bertz CT molecular complexity index is 1500. The molecule has 2 aromatic heterocycles. The predicted molar refractivity (Wildman–Crippen MR) is 161 cm³/mol. The lowest BCUT2D eigenvalue weighted by molar-refractivity contribution is 0.0203. The summed E-state index contributed by atoms with van der Waals surface area (Å²) < 4.78 is 7.59. The van der Waals surface area contributed by atoms with Gasteiger partial charge in [-0.1, -0.05) is 49.4 Å². The summed E-state index contributed by atoms with van der Waals surface area (Å²) in [6.45, 7) is 9.28. The fourth-order valence-corrected chi connectivity index (χ4v) is 6.68. The second-order valence-electron chi connectivity index (χ2n) is 13.0. The second kappa shape index (κ2) is 10.2. The van der Waals surface area contributed by atoms with Crippen LogP contribution < -0.4 is 5.73 Å². The van der Waals surface area contributed by atoms with Crippen molar-refractivity contribution < 1.29 is 9.53 Å². The van der Waals surface area contributed by atoms with Gasteiger partial charge >= 0.3 is 6.09 Å². The quantitative estimate of drug-likeness (QED) is 0.457. The van der Waals surface area contributed by atoms with Gasteiger partial charge in [-0.15, -0.1) is 0 Å². The number of hydrogen-bond donors (Lipinski definition) is 1. The van der Waals surface area contributed by atoms with Crippen LogP contribution in [0.5, 0.6) is 0 Å². The number of fused-ring (bicyclic) bond motifs is 2. The van der Waals surface area contributed by atoms with Crippen molar-refractivity contribution in [3.63, 3.8) is 0 Å². The van der Waals surface area contributed by atoms with Gasteiger partial charge in [-0.25, -0.2) is 14.3 Å². The summed E-state index contributed by atoms with van der Waals surface area (Å²) in [7, 11) is 2.15. The molecule has 0 spiro atoms. The molecule has 0 bridgehead atoms. The Hall–Kier alpha value is -3.88. The minimum atomic E-state index is -0.503. The summed E-state index contributed by atoms with van der Waals surface area (Å²) in [5.41, 5.74) is 10.2. The number of aliphatic imine (C=N–C) groups is 1. The number of carbonyl (C=O) groups is 1. The van der Waals surface area contributed by atoms with Gasteiger partial charge in [-0.3, -0.25) is 4.99 Å². The number of aromatic nitrogens is 3. The van der Waals surface area contributed by atoms with Crippen molar-refractivity contribution in [2.75, 3.05) is 25.9 Å². The van der Waals surface area contributed by atoms with E-state index in [1.54, 1.807) is 0 Å². The Labute approximate surface area is 242 Å². The summed E-state index contributed by atoms with van der Waals surface area (Å²) in [4.78, 5) is 26.4. The molecule has 3 atom stereocenters. The largest absolute Gasteiger partial charge is 0.444 e. The summed E-state index contributed by atoms with van der Waals surface area (Å²) >= 11 is 0. The maximum atomic E-state index is 12.6. The van der Waals surface area contributed by atoms with Gasteiger partial charge in [0.05, 0.1) is 12.1 Å². The number of nitrogens with two attached hydrogens (primary N) is 1. The fourth-order valence-electron chi connectivity index (χ4n) is 6.68. The van der Waals surface area contributed by atoms with E-state index in [1.807, 2.05) is 36.3 Å². The standard InChI is InChI=1S/C32H41N7O2/c1-31(2,3)41-30(40)38-15-12-22(13-16-38)26-18-23(28-29(33)34-20-35-39(26)28)32(4)14-11-25-24(19-32)36-27(37(25)5)17-21-9-7-6-8-10-21/h6-11,14,18,20,22,24-25H,12-13,15-17,19H2,1-5H3,(H2,33,34,35). The minimum Gasteiger partial charge on any atom is -0.444 e. The van der Waals surface area contributed by atoms with E-state index in [9.17, 15) is 4.79 Å². The Morgan fingerprint density at radius 3 is 2.61 bits per heavy atom. The lowest BCUT2D eigenvalue weighted by Gasteiger charge is -2.36. The van der Waals surface area contributed by atoms with Crippen LogP contribution in [0.4, 0.5) is 10.6 Å². The third-order valence-corrected chi connectivity index (χ3v) is 8.85. The number of amidine groups is 1. The summed E-state index contributed by atoms with van der Waals surface area (Å²) in [5, 5.41) is 4.66. The van der Waals surface area contributed by atoms with E-state index in [0.717, 1.165) is 48.3 Å². The summed E-state index contributed by atoms with van der Waals surface area (Å²) in [6, 6.07) is 13.2. The first-order chi connectivity index (χ1) is 19.5. The minimum absolute atomic E-state index is 0.162. The molecule has 1 aliphatic carbocycles. The third kappa shape index (κ3) is 5.18. The topological polar surface area (TPSA) is 101 Å². The highest BCUT2D eigenvalue weighted by molar-refractivity contribution is 5.87. The van der Waals surface area contributed by atoms with Crippen LogP contribution >= 0.6 is 0 Å². The Morgan fingerprint density at radius 1 is 1.17 bits per heavy atom. The average Bonchev–Trinajstić information content (AvgIpc) is 3.47. The van der Waals surface area contributed by atoms with Crippen molar-refractivity contribution in [1.29, 1.82) is 0 Å². The summed E-state index contributed by atoms with van der Waals surface area (Å²) in [5.74, 6) is 1.87. The smallest absolute Gasteiger partial charge is 0.410 e. The van der Waals surface area contributed by atoms with Crippen LogP contribution in [0.25, 0.3) is 5.52 Å². The van der Waals surface area contributed by atoms with Crippen molar-refractivity contribution in [2.45, 2.75) is 82.4 Å². The van der Waals surface area contributed by atoms with Gasteiger partial charge in [0, 0.05) is 43.6 Å². The highest BCUT2D eigenvalue weighted by Crippen LogP contribution is 2.44. The van der Waals surface area contributed by atoms with E-state index >= 15 is 0 Å². The van der Waals surface area contributed by atoms with Crippen LogP contribution in [0, 0.1) is 0 Å². The average molecular weight is 556 g/mol. The number of benzene rings is 1. The van der Waals surface area contributed by atoms with Crippen LogP contribution in [0.2, 0.25) is 0 Å². The zero-order valence-corrected chi connectivity index (χ0v) is 24.7. The number of hydrogen-bond acceptors (Lipinski definition) is 7. The number of nitrogens with zero attached hydrogens (tertiary/aromatic N) is 6. The van der Waals surface area contributed by atoms with Crippen molar-refractivity contribution >= 4 is 23.3 Å². The molecule has 3 aromatic rings. The van der Waals surface area contributed by atoms with Gasteiger partial charge in [0.25, 0.3) is 0 Å². The highest BCUT2D eigenvalue weighted by atomic mass is 16.6. The normalized spacial score (nSPS) is 25.0. The van der Waals surface area contributed by atoms with Gasteiger partial charge in [0.2, 0.25) is 0 Å². The number of rotatable bonds is 4. The molecule has 2 aliphatic heterocycles. The number of likely N-dealkylation sites (N-methyl/N-ethyl adjacent to an activating group) is 1. The van der Waals surface area contributed by atoms with E-state index in [0.29, 0.717) is 18.9 Å². The number of carbonyl (C=O) groups excluding carboxylic acids is 1. The van der Waals surface area contributed by atoms with E-state index in [-0.39, 0.29) is 29.5 Å². The van der Waals surface area contributed by atoms with Crippen LogP contribution in [-0.4, -0.2) is 74.1 Å². The molecule has 3 unspecified atom stereocenters. The molecule has 1 aromatic carbocycles. The van der Waals surface area contributed by atoms with Crippen molar-refractivity contribution in [3.8, 4) is 0 Å². The van der Waals surface area contributed by atoms with Gasteiger partial charge < -0.3 is 20.3 Å². The fraction of sp³-hybridized carbons (Fsp3) is 0.500. The molecular formula is C32H41N7O2. The zero-order valence-electron chi connectivity index (χ0n) is 24.7. The number of piperidine rings is 1. The van der Waals surface area contributed by atoms with Crippen LogP contribution in [0.3, 0.4) is 0 Å². The number of ether oxygens (including phenoxy) is 1. The Balaban J connectivity index is 1.27. The lowest BCUT2D eigenvalue weighted by Crippen LogP contribution is -2.41. The number of nitrogen functional groups attached to an aromatic ring is 1. The van der Waals surface area contributed by atoms with Crippen LogP contribution in [-0.2, 0) is 16.6 Å². The number of anilines is 1. The third-order valence-electron chi connectivity index (χ3n) is 8.85. The molecule has 0 radical (unpaired) electrons. The van der Waals surface area contributed by atoms with Crippen molar-refractivity contribution in [1.82, 2.24) is 24.4 Å². The van der Waals surface area contributed by atoms with Crippen LogP contribution in [0.15, 0.2) is 59.9 Å². The lowest BCUT2D eigenvalue weighted by atomic mass is 9.72. The molecule has 1 saturated heterocycles. The monoisotopic (exact) mass is 555 g/mol. The summed E-state index contributed by atoms with van der Waals surface area (Å²) in [6.07, 6.45) is 9.32. The van der Waals surface area contributed by atoms with Crippen LogP contribution in [0.1, 0.15) is 69.7 Å². The molecular weight excluding hydrogens is 514 g/mol. The molecule has 3 aliphatic rings. The maximum absolute atomic E-state index is 12.6. The van der Waals surface area contributed by atoms with E-state index in [4.69, 9.17) is 15.5 Å². The maximum Gasteiger partial charge on any atom is 0.410 e. The zero-order chi connectivity index (χ0) is 28.9.